The molecule has 1 N–H and O–H groups in total. The third-order valence-electron chi connectivity index (χ3n) is 4.56. The second-order valence-electron chi connectivity index (χ2n) is 6.29. The Labute approximate surface area is 160 Å². The molecule has 0 bridgehead atoms. The van der Waals surface area contributed by atoms with Crippen LogP contribution in [0.4, 0.5) is 0 Å². The van der Waals surface area contributed by atoms with E-state index in [1.807, 2.05) is 18.2 Å². The molecule has 2 amide bonds. The Morgan fingerprint density at radius 1 is 1.07 bits per heavy atom. The molecule has 1 aliphatic heterocycles. The van der Waals surface area contributed by atoms with Gasteiger partial charge in [-0.2, -0.15) is 0 Å². The number of benzene rings is 2. The van der Waals surface area contributed by atoms with Crippen molar-refractivity contribution in [1.29, 1.82) is 0 Å². The number of unbranched alkanes of at least 4 members (excludes halogenated alkanes) is 1. The van der Waals surface area contributed by atoms with Gasteiger partial charge in [-0.1, -0.05) is 23.9 Å². The van der Waals surface area contributed by atoms with Gasteiger partial charge in [0, 0.05) is 18.4 Å². The molecule has 1 aromatic heterocycles. The van der Waals surface area contributed by atoms with Crippen LogP contribution in [0.3, 0.4) is 0 Å². The molecule has 27 heavy (non-hydrogen) atoms. The van der Waals surface area contributed by atoms with E-state index in [4.69, 9.17) is 4.74 Å². The molecule has 0 fully saturated rings. The Morgan fingerprint density at radius 2 is 1.81 bits per heavy atom. The largest absolute Gasteiger partial charge is 0.497 e. The number of aromatic nitrogens is 2. The van der Waals surface area contributed by atoms with Gasteiger partial charge in [0.25, 0.3) is 11.8 Å². The smallest absolute Gasteiger partial charge is 0.261 e. The molecule has 6 nitrogen and oxygen atoms in total. The molecule has 0 aliphatic carbocycles. The van der Waals surface area contributed by atoms with Crippen LogP contribution in [0.25, 0.3) is 11.0 Å². The van der Waals surface area contributed by atoms with Crippen LogP contribution in [-0.4, -0.2) is 46.1 Å². The number of carbonyl (C=O) groups excluding carboxylic acids is 2. The monoisotopic (exact) mass is 381 g/mol. The third-order valence-corrected chi connectivity index (χ3v) is 5.52. The van der Waals surface area contributed by atoms with Crippen molar-refractivity contribution < 1.29 is 14.3 Å². The van der Waals surface area contributed by atoms with Gasteiger partial charge in [0.1, 0.15) is 5.75 Å². The van der Waals surface area contributed by atoms with Crippen molar-refractivity contribution in [3.05, 3.63) is 53.6 Å². The highest BCUT2D eigenvalue weighted by molar-refractivity contribution is 7.99. The Morgan fingerprint density at radius 3 is 2.52 bits per heavy atom. The van der Waals surface area contributed by atoms with Crippen molar-refractivity contribution in [2.45, 2.75) is 18.0 Å². The standard InChI is InChI=1S/C20H19N3O3S/c1-26-13-8-9-16-17(12-13)22-20(21-16)27-11-5-4-10-23-18(24)14-6-2-3-7-15(14)19(23)25/h2-3,6-9,12H,4-5,10-11H2,1H3,(H,21,22). The van der Waals surface area contributed by atoms with Gasteiger partial charge >= 0.3 is 0 Å². The van der Waals surface area contributed by atoms with Crippen LogP contribution in [0.5, 0.6) is 5.75 Å². The molecule has 0 unspecified atom stereocenters. The lowest BCUT2D eigenvalue weighted by Crippen LogP contribution is -2.30. The first-order valence-electron chi connectivity index (χ1n) is 8.79. The number of ether oxygens (including phenoxy) is 1. The fourth-order valence-electron chi connectivity index (χ4n) is 3.14. The molecule has 0 saturated heterocycles. The number of aromatic amines is 1. The Bertz CT molecular complexity index is 980. The quantitative estimate of drug-likeness (QED) is 0.383. The van der Waals surface area contributed by atoms with Crippen LogP contribution in [0.1, 0.15) is 33.6 Å². The van der Waals surface area contributed by atoms with E-state index in [0.717, 1.165) is 40.5 Å². The number of imide groups is 1. The summed E-state index contributed by atoms with van der Waals surface area (Å²) in [4.78, 5) is 33.8. The molecule has 3 aromatic rings. The van der Waals surface area contributed by atoms with E-state index in [-0.39, 0.29) is 11.8 Å². The minimum atomic E-state index is -0.186. The van der Waals surface area contributed by atoms with E-state index >= 15 is 0 Å². The summed E-state index contributed by atoms with van der Waals surface area (Å²) < 4.78 is 5.22. The van der Waals surface area contributed by atoms with Gasteiger partial charge in [0.2, 0.25) is 0 Å². The number of rotatable bonds is 7. The van der Waals surface area contributed by atoms with E-state index in [9.17, 15) is 9.59 Å². The first-order valence-corrected chi connectivity index (χ1v) is 9.78. The number of nitrogens with zero attached hydrogens (tertiary/aromatic N) is 2. The number of amides is 2. The molecule has 0 atom stereocenters. The Hall–Kier alpha value is -2.80. The molecule has 0 spiro atoms. The molecule has 7 heteroatoms. The zero-order chi connectivity index (χ0) is 18.8. The van der Waals surface area contributed by atoms with Crippen molar-refractivity contribution in [1.82, 2.24) is 14.9 Å². The maximum Gasteiger partial charge on any atom is 0.261 e. The van der Waals surface area contributed by atoms with E-state index in [0.29, 0.717) is 17.7 Å². The van der Waals surface area contributed by atoms with Gasteiger partial charge in [-0.3, -0.25) is 14.5 Å². The van der Waals surface area contributed by atoms with Crippen LogP contribution in [-0.2, 0) is 0 Å². The first-order chi connectivity index (χ1) is 13.2. The molecule has 138 valence electrons. The summed E-state index contributed by atoms with van der Waals surface area (Å²) in [6.45, 7) is 0.449. The number of hydrogen-bond donors (Lipinski definition) is 1. The number of H-pyrrole nitrogens is 1. The second kappa shape index (κ2) is 7.44. The van der Waals surface area contributed by atoms with Gasteiger partial charge in [0.05, 0.1) is 29.3 Å². The summed E-state index contributed by atoms with van der Waals surface area (Å²) in [7, 11) is 1.64. The molecule has 2 aromatic carbocycles. The third kappa shape index (κ3) is 3.42. The number of carbonyl (C=O) groups is 2. The lowest BCUT2D eigenvalue weighted by molar-refractivity contribution is 0.0652. The highest BCUT2D eigenvalue weighted by Gasteiger charge is 2.34. The van der Waals surface area contributed by atoms with Crippen molar-refractivity contribution in [3.63, 3.8) is 0 Å². The van der Waals surface area contributed by atoms with Crippen molar-refractivity contribution in [2.24, 2.45) is 0 Å². The number of thioether (sulfide) groups is 1. The maximum atomic E-state index is 12.3. The Balaban J connectivity index is 1.28. The second-order valence-corrected chi connectivity index (χ2v) is 7.37. The summed E-state index contributed by atoms with van der Waals surface area (Å²) in [5.41, 5.74) is 2.87. The van der Waals surface area contributed by atoms with Gasteiger partial charge < -0.3 is 9.72 Å². The van der Waals surface area contributed by atoms with Gasteiger partial charge in [-0.15, -0.1) is 0 Å². The molecular formula is C20H19N3O3S. The molecule has 4 rings (SSSR count). The average Bonchev–Trinajstić information content (AvgIpc) is 3.21. The van der Waals surface area contributed by atoms with Crippen LogP contribution in [0.15, 0.2) is 47.6 Å². The summed E-state index contributed by atoms with van der Waals surface area (Å²) in [5, 5.41) is 0.860. The number of nitrogens with one attached hydrogen (secondary N) is 1. The molecule has 1 aliphatic rings. The van der Waals surface area contributed by atoms with E-state index in [1.54, 1.807) is 43.1 Å². The van der Waals surface area contributed by atoms with Crippen LogP contribution in [0, 0.1) is 0 Å². The summed E-state index contributed by atoms with van der Waals surface area (Å²) >= 11 is 1.64. The highest BCUT2D eigenvalue weighted by Crippen LogP contribution is 2.25. The van der Waals surface area contributed by atoms with E-state index in [2.05, 4.69) is 9.97 Å². The van der Waals surface area contributed by atoms with Gasteiger partial charge in [-0.25, -0.2) is 4.98 Å². The number of methoxy groups -OCH3 is 1. The fraction of sp³-hybridized carbons (Fsp3) is 0.250. The minimum Gasteiger partial charge on any atom is -0.497 e. The summed E-state index contributed by atoms with van der Waals surface area (Å²) in [6.07, 6.45) is 1.66. The zero-order valence-electron chi connectivity index (χ0n) is 14.9. The predicted octanol–water partition coefficient (Wildman–Crippen LogP) is 3.74. The maximum absolute atomic E-state index is 12.3. The zero-order valence-corrected chi connectivity index (χ0v) is 15.7. The normalized spacial score (nSPS) is 13.4. The van der Waals surface area contributed by atoms with Gasteiger partial charge in [-0.05, 0) is 37.1 Å². The molecule has 2 heterocycles. The van der Waals surface area contributed by atoms with Crippen molar-refractivity contribution >= 4 is 34.6 Å². The van der Waals surface area contributed by atoms with Crippen molar-refractivity contribution in [2.75, 3.05) is 19.4 Å². The minimum absolute atomic E-state index is 0.186. The number of hydrogen-bond acceptors (Lipinski definition) is 5. The number of fused-ring (bicyclic) bond motifs is 2. The topological polar surface area (TPSA) is 75.3 Å². The van der Waals surface area contributed by atoms with Crippen LogP contribution < -0.4 is 4.74 Å². The number of imidazole rings is 1. The molecule has 0 radical (unpaired) electrons. The van der Waals surface area contributed by atoms with E-state index < -0.39 is 0 Å². The average molecular weight is 381 g/mol. The van der Waals surface area contributed by atoms with Crippen LogP contribution >= 0.6 is 11.8 Å². The lowest BCUT2D eigenvalue weighted by Gasteiger charge is -2.13. The summed E-state index contributed by atoms with van der Waals surface area (Å²) in [6, 6.07) is 12.7. The molecule has 0 saturated carbocycles. The summed E-state index contributed by atoms with van der Waals surface area (Å²) in [5.74, 6) is 1.28. The molecular weight excluding hydrogens is 362 g/mol. The predicted molar refractivity (Wildman–Crippen MR) is 104 cm³/mol. The SMILES string of the molecule is COc1ccc2nc(SCCCCN3C(=O)c4ccccc4C3=O)[nH]c2c1. The Kier molecular flexibility index (Phi) is 4.85. The lowest BCUT2D eigenvalue weighted by atomic mass is 10.1. The fourth-order valence-corrected chi connectivity index (χ4v) is 4.03. The highest BCUT2D eigenvalue weighted by atomic mass is 32.2. The van der Waals surface area contributed by atoms with Crippen molar-refractivity contribution in [3.8, 4) is 5.75 Å². The first kappa shape index (κ1) is 17.6. The van der Waals surface area contributed by atoms with Gasteiger partial charge in [0.15, 0.2) is 5.16 Å². The van der Waals surface area contributed by atoms with Crippen LogP contribution in [0.2, 0.25) is 0 Å². The van der Waals surface area contributed by atoms with E-state index in [1.165, 1.54) is 4.90 Å².